The molecule has 0 fully saturated rings. The van der Waals surface area contributed by atoms with Gasteiger partial charge in [0.2, 0.25) is 5.91 Å². The number of amides is 1. The summed E-state index contributed by atoms with van der Waals surface area (Å²) >= 11 is 7.70. The zero-order valence-electron chi connectivity index (χ0n) is 9.65. The fourth-order valence-corrected chi connectivity index (χ4v) is 2.59. The minimum absolute atomic E-state index is 0.348. The Bertz CT molecular complexity index is 540. The number of hydrogen-bond acceptors (Lipinski definition) is 3. The smallest absolute Gasteiger partial charge is 0.250 e. The van der Waals surface area contributed by atoms with E-state index in [1.807, 2.05) is 6.07 Å². The van der Waals surface area contributed by atoms with Gasteiger partial charge in [-0.05, 0) is 36.1 Å². The lowest BCUT2D eigenvalue weighted by atomic mass is 10.2. The molecular weight excluding hydrogens is 268 g/mol. The monoisotopic (exact) mass is 280 g/mol. The van der Waals surface area contributed by atoms with Gasteiger partial charge in [-0.3, -0.25) is 4.79 Å². The van der Waals surface area contributed by atoms with Crippen LogP contribution in [0.4, 0.5) is 5.69 Å². The van der Waals surface area contributed by atoms with E-state index in [1.165, 1.54) is 4.88 Å². The van der Waals surface area contributed by atoms with E-state index in [2.05, 4.69) is 16.8 Å². The SMILES string of the molecule is NC(=O)c1ccc(NCCc2cccs2)cc1Cl. The first-order valence-electron chi connectivity index (χ1n) is 5.52. The third-order valence-electron chi connectivity index (χ3n) is 2.52. The number of hydrogen-bond donors (Lipinski definition) is 2. The highest BCUT2D eigenvalue weighted by Gasteiger charge is 2.06. The van der Waals surface area contributed by atoms with Crippen LogP contribution in [0.1, 0.15) is 15.2 Å². The van der Waals surface area contributed by atoms with Crippen LogP contribution >= 0.6 is 22.9 Å². The van der Waals surface area contributed by atoms with E-state index >= 15 is 0 Å². The second-order valence-electron chi connectivity index (χ2n) is 3.82. The van der Waals surface area contributed by atoms with Crippen LogP contribution in [-0.2, 0) is 6.42 Å². The first-order valence-corrected chi connectivity index (χ1v) is 6.78. The largest absolute Gasteiger partial charge is 0.385 e. The molecule has 0 unspecified atom stereocenters. The average Bonchev–Trinajstić information content (AvgIpc) is 2.81. The molecule has 0 spiro atoms. The number of benzene rings is 1. The van der Waals surface area contributed by atoms with Crippen LogP contribution in [0.5, 0.6) is 0 Å². The molecule has 0 radical (unpaired) electrons. The summed E-state index contributed by atoms with van der Waals surface area (Å²) in [4.78, 5) is 12.4. The molecule has 1 aromatic carbocycles. The van der Waals surface area contributed by atoms with Crippen LogP contribution in [-0.4, -0.2) is 12.5 Å². The van der Waals surface area contributed by atoms with Crippen molar-refractivity contribution in [3.05, 3.63) is 51.2 Å². The summed E-state index contributed by atoms with van der Waals surface area (Å²) < 4.78 is 0. The van der Waals surface area contributed by atoms with Crippen molar-refractivity contribution in [2.45, 2.75) is 6.42 Å². The van der Waals surface area contributed by atoms with E-state index < -0.39 is 5.91 Å². The third-order valence-corrected chi connectivity index (χ3v) is 3.76. The van der Waals surface area contributed by atoms with E-state index in [0.717, 1.165) is 18.7 Å². The number of thiophene rings is 1. The summed E-state index contributed by atoms with van der Waals surface area (Å²) in [5, 5.41) is 5.70. The number of carbonyl (C=O) groups excluding carboxylic acids is 1. The highest BCUT2D eigenvalue weighted by molar-refractivity contribution is 7.09. The maximum absolute atomic E-state index is 11.0. The Labute approximate surface area is 115 Å². The maximum atomic E-state index is 11.0. The van der Waals surface area contributed by atoms with Crippen molar-refractivity contribution in [2.24, 2.45) is 5.73 Å². The van der Waals surface area contributed by atoms with Gasteiger partial charge >= 0.3 is 0 Å². The lowest BCUT2D eigenvalue weighted by Gasteiger charge is -2.07. The predicted octanol–water partition coefficient (Wildman–Crippen LogP) is 3.16. The first kappa shape index (κ1) is 12.9. The zero-order valence-corrected chi connectivity index (χ0v) is 11.2. The number of rotatable bonds is 5. The Morgan fingerprint density at radius 3 is 2.83 bits per heavy atom. The molecule has 3 nitrogen and oxygen atoms in total. The number of nitrogens with one attached hydrogen (secondary N) is 1. The Kier molecular flexibility index (Phi) is 4.23. The van der Waals surface area contributed by atoms with E-state index in [1.54, 1.807) is 29.5 Å². The summed E-state index contributed by atoms with van der Waals surface area (Å²) in [6, 6.07) is 9.31. The van der Waals surface area contributed by atoms with Crippen LogP contribution in [0.25, 0.3) is 0 Å². The summed E-state index contributed by atoms with van der Waals surface area (Å²) in [5.41, 5.74) is 6.42. The highest BCUT2D eigenvalue weighted by Crippen LogP contribution is 2.20. The van der Waals surface area contributed by atoms with Gasteiger partial charge in [0.05, 0.1) is 10.6 Å². The molecule has 5 heteroatoms. The van der Waals surface area contributed by atoms with Crippen molar-refractivity contribution in [1.82, 2.24) is 0 Å². The molecule has 2 aromatic rings. The summed E-state index contributed by atoms with van der Waals surface area (Å²) in [5.74, 6) is -0.509. The fourth-order valence-electron chi connectivity index (χ4n) is 1.61. The third kappa shape index (κ3) is 3.24. The second-order valence-corrected chi connectivity index (χ2v) is 5.25. The number of halogens is 1. The molecule has 0 aliphatic heterocycles. The number of carbonyl (C=O) groups is 1. The second kappa shape index (κ2) is 5.89. The van der Waals surface area contributed by atoms with Gasteiger partial charge in [0.25, 0.3) is 0 Å². The standard InChI is InChI=1S/C13H13ClN2OS/c14-12-8-9(3-4-11(12)13(15)17)16-6-5-10-2-1-7-18-10/h1-4,7-8,16H,5-6H2,(H2,15,17). The average molecular weight is 281 g/mol. The molecule has 0 saturated heterocycles. The molecule has 3 N–H and O–H groups in total. The quantitative estimate of drug-likeness (QED) is 0.884. The molecule has 0 bridgehead atoms. The normalized spacial score (nSPS) is 10.3. The molecule has 18 heavy (non-hydrogen) atoms. The van der Waals surface area contributed by atoms with Gasteiger partial charge in [-0.15, -0.1) is 11.3 Å². The van der Waals surface area contributed by atoms with Crippen LogP contribution in [0.3, 0.4) is 0 Å². The van der Waals surface area contributed by atoms with Gasteiger partial charge in [0.1, 0.15) is 0 Å². The lowest BCUT2D eigenvalue weighted by Crippen LogP contribution is -2.12. The number of anilines is 1. The van der Waals surface area contributed by atoms with E-state index in [9.17, 15) is 4.79 Å². The van der Waals surface area contributed by atoms with E-state index in [4.69, 9.17) is 17.3 Å². The van der Waals surface area contributed by atoms with Gasteiger partial charge in [0, 0.05) is 17.1 Å². The molecule has 0 atom stereocenters. The van der Waals surface area contributed by atoms with Crippen LogP contribution in [0.2, 0.25) is 5.02 Å². The molecule has 1 heterocycles. The molecular formula is C13H13ClN2OS. The van der Waals surface area contributed by atoms with Crippen molar-refractivity contribution in [3.8, 4) is 0 Å². The molecule has 0 saturated carbocycles. The van der Waals surface area contributed by atoms with Gasteiger partial charge < -0.3 is 11.1 Å². The van der Waals surface area contributed by atoms with Crippen LogP contribution in [0, 0.1) is 0 Å². The Hall–Kier alpha value is -1.52. The summed E-state index contributed by atoms with van der Waals surface area (Å²) in [7, 11) is 0. The van der Waals surface area contributed by atoms with Gasteiger partial charge in [-0.1, -0.05) is 17.7 Å². The topological polar surface area (TPSA) is 55.1 Å². The van der Waals surface area contributed by atoms with Crippen molar-refractivity contribution < 1.29 is 4.79 Å². The molecule has 0 aliphatic rings. The zero-order chi connectivity index (χ0) is 13.0. The van der Waals surface area contributed by atoms with E-state index in [0.29, 0.717) is 10.6 Å². The summed E-state index contributed by atoms with van der Waals surface area (Å²) in [6.07, 6.45) is 0.965. The Balaban J connectivity index is 1.94. The van der Waals surface area contributed by atoms with Crippen molar-refractivity contribution in [3.63, 3.8) is 0 Å². The van der Waals surface area contributed by atoms with Gasteiger partial charge in [0.15, 0.2) is 0 Å². The fraction of sp³-hybridized carbons (Fsp3) is 0.154. The number of primary amides is 1. The number of nitrogens with two attached hydrogens (primary N) is 1. The lowest BCUT2D eigenvalue weighted by molar-refractivity contribution is 0.100. The molecule has 0 aliphatic carbocycles. The minimum Gasteiger partial charge on any atom is -0.385 e. The maximum Gasteiger partial charge on any atom is 0.250 e. The van der Waals surface area contributed by atoms with Crippen LogP contribution in [0.15, 0.2) is 35.7 Å². The van der Waals surface area contributed by atoms with Crippen molar-refractivity contribution in [2.75, 3.05) is 11.9 Å². The van der Waals surface area contributed by atoms with Crippen LogP contribution < -0.4 is 11.1 Å². The minimum atomic E-state index is -0.509. The van der Waals surface area contributed by atoms with E-state index in [-0.39, 0.29) is 0 Å². The molecule has 1 amide bonds. The highest BCUT2D eigenvalue weighted by atomic mass is 35.5. The molecule has 1 aromatic heterocycles. The first-order chi connectivity index (χ1) is 8.66. The van der Waals surface area contributed by atoms with Crippen molar-refractivity contribution in [1.29, 1.82) is 0 Å². The molecule has 2 rings (SSSR count). The predicted molar refractivity (Wildman–Crippen MR) is 76.5 cm³/mol. The molecule has 94 valence electrons. The van der Waals surface area contributed by atoms with Crippen molar-refractivity contribution >= 4 is 34.5 Å². The van der Waals surface area contributed by atoms with Gasteiger partial charge in [-0.2, -0.15) is 0 Å². The van der Waals surface area contributed by atoms with Gasteiger partial charge in [-0.25, -0.2) is 0 Å². The Morgan fingerprint density at radius 1 is 1.39 bits per heavy atom. The summed E-state index contributed by atoms with van der Waals surface area (Å²) in [6.45, 7) is 0.826. The Morgan fingerprint density at radius 2 is 2.22 bits per heavy atom.